The van der Waals surface area contributed by atoms with Crippen molar-refractivity contribution in [3.05, 3.63) is 0 Å². The summed E-state index contributed by atoms with van der Waals surface area (Å²) in [7, 11) is 0. The SMILES string of the molecule is C#C[C@@H](C)OCCCOCCN. The molecule has 0 unspecified atom stereocenters. The summed E-state index contributed by atoms with van der Waals surface area (Å²) in [6.07, 6.45) is 5.88. The summed E-state index contributed by atoms with van der Waals surface area (Å²) >= 11 is 0. The van der Waals surface area contributed by atoms with Gasteiger partial charge in [-0.15, -0.1) is 6.42 Å². The Labute approximate surface area is 74.2 Å². The van der Waals surface area contributed by atoms with Crippen molar-refractivity contribution in [2.45, 2.75) is 19.4 Å². The summed E-state index contributed by atoms with van der Waals surface area (Å²) in [6, 6.07) is 0. The third-order valence-corrected chi connectivity index (χ3v) is 1.30. The molecule has 0 saturated carbocycles. The second-order valence-corrected chi connectivity index (χ2v) is 2.43. The molecule has 0 aliphatic carbocycles. The quantitative estimate of drug-likeness (QED) is 0.445. The zero-order valence-electron chi connectivity index (χ0n) is 7.58. The zero-order valence-corrected chi connectivity index (χ0v) is 7.58. The highest BCUT2D eigenvalue weighted by atomic mass is 16.5. The van der Waals surface area contributed by atoms with Crippen molar-refractivity contribution in [3.8, 4) is 12.3 Å². The topological polar surface area (TPSA) is 44.5 Å². The molecule has 3 nitrogen and oxygen atoms in total. The normalized spacial score (nSPS) is 12.4. The minimum Gasteiger partial charge on any atom is -0.380 e. The van der Waals surface area contributed by atoms with Crippen LogP contribution in [0.15, 0.2) is 0 Å². The predicted molar refractivity (Wildman–Crippen MR) is 48.7 cm³/mol. The molecule has 0 aliphatic heterocycles. The first-order chi connectivity index (χ1) is 5.81. The summed E-state index contributed by atoms with van der Waals surface area (Å²) in [5, 5.41) is 0. The first kappa shape index (κ1) is 11.4. The van der Waals surface area contributed by atoms with Gasteiger partial charge in [-0.05, 0) is 13.3 Å². The fraction of sp³-hybridized carbons (Fsp3) is 0.778. The predicted octanol–water partition coefficient (Wildman–Crippen LogP) is 0.390. The van der Waals surface area contributed by atoms with Crippen LogP contribution in [0.25, 0.3) is 0 Å². The maximum Gasteiger partial charge on any atom is 0.115 e. The standard InChI is InChI=1S/C9H17NO2/c1-3-9(2)12-7-4-6-11-8-5-10/h1,9H,4-8,10H2,2H3/t9-/m1/s1. The lowest BCUT2D eigenvalue weighted by Crippen LogP contribution is -2.11. The molecule has 70 valence electrons. The van der Waals surface area contributed by atoms with Crippen LogP contribution >= 0.6 is 0 Å². The second kappa shape index (κ2) is 8.54. The van der Waals surface area contributed by atoms with E-state index in [0.717, 1.165) is 6.42 Å². The Morgan fingerprint density at radius 1 is 1.42 bits per heavy atom. The van der Waals surface area contributed by atoms with Crippen LogP contribution < -0.4 is 5.73 Å². The Morgan fingerprint density at radius 3 is 2.75 bits per heavy atom. The summed E-state index contributed by atoms with van der Waals surface area (Å²) in [6.45, 7) is 4.37. The molecule has 12 heavy (non-hydrogen) atoms. The molecule has 0 spiro atoms. The van der Waals surface area contributed by atoms with E-state index in [0.29, 0.717) is 26.4 Å². The summed E-state index contributed by atoms with van der Waals surface area (Å²) in [4.78, 5) is 0. The van der Waals surface area contributed by atoms with E-state index in [4.69, 9.17) is 21.6 Å². The number of ether oxygens (including phenoxy) is 2. The van der Waals surface area contributed by atoms with E-state index in [1.807, 2.05) is 6.92 Å². The number of hydrogen-bond donors (Lipinski definition) is 1. The van der Waals surface area contributed by atoms with E-state index in [-0.39, 0.29) is 6.10 Å². The van der Waals surface area contributed by atoms with Gasteiger partial charge in [-0.25, -0.2) is 0 Å². The van der Waals surface area contributed by atoms with Gasteiger partial charge >= 0.3 is 0 Å². The van der Waals surface area contributed by atoms with Crippen molar-refractivity contribution in [2.24, 2.45) is 5.73 Å². The monoisotopic (exact) mass is 171 g/mol. The van der Waals surface area contributed by atoms with Gasteiger partial charge in [-0.3, -0.25) is 0 Å². The van der Waals surface area contributed by atoms with Gasteiger partial charge in [0.2, 0.25) is 0 Å². The zero-order chi connectivity index (χ0) is 9.23. The minimum atomic E-state index is -0.0977. The van der Waals surface area contributed by atoms with Crippen molar-refractivity contribution in [3.63, 3.8) is 0 Å². The van der Waals surface area contributed by atoms with E-state index in [9.17, 15) is 0 Å². The van der Waals surface area contributed by atoms with Crippen LogP contribution in [0.1, 0.15) is 13.3 Å². The molecule has 0 bridgehead atoms. The Kier molecular flexibility index (Phi) is 8.14. The Balaban J connectivity index is 2.96. The molecule has 2 N–H and O–H groups in total. The number of rotatable bonds is 7. The first-order valence-corrected chi connectivity index (χ1v) is 4.16. The van der Waals surface area contributed by atoms with Crippen molar-refractivity contribution >= 4 is 0 Å². The second-order valence-electron chi connectivity index (χ2n) is 2.43. The molecule has 0 rings (SSSR count). The van der Waals surface area contributed by atoms with Crippen molar-refractivity contribution in [2.75, 3.05) is 26.4 Å². The highest BCUT2D eigenvalue weighted by molar-refractivity contribution is 4.91. The molecule has 0 fully saturated rings. The molecular formula is C9H17NO2. The molecule has 0 heterocycles. The molecule has 1 atom stereocenters. The average molecular weight is 171 g/mol. The largest absolute Gasteiger partial charge is 0.380 e. The Bertz CT molecular complexity index is 131. The smallest absolute Gasteiger partial charge is 0.115 e. The van der Waals surface area contributed by atoms with Gasteiger partial charge in [0.1, 0.15) is 6.10 Å². The van der Waals surface area contributed by atoms with Crippen LogP contribution in [0.2, 0.25) is 0 Å². The maximum absolute atomic E-state index is 5.23. The summed E-state index contributed by atoms with van der Waals surface area (Å²) < 4.78 is 10.4. The summed E-state index contributed by atoms with van der Waals surface area (Å²) in [5.41, 5.74) is 5.23. The fourth-order valence-electron chi connectivity index (χ4n) is 0.655. The van der Waals surface area contributed by atoms with Crippen LogP contribution in [-0.4, -0.2) is 32.5 Å². The van der Waals surface area contributed by atoms with E-state index >= 15 is 0 Å². The Morgan fingerprint density at radius 2 is 2.17 bits per heavy atom. The van der Waals surface area contributed by atoms with Crippen LogP contribution in [0, 0.1) is 12.3 Å². The van der Waals surface area contributed by atoms with E-state index in [2.05, 4.69) is 5.92 Å². The molecule has 0 aromatic rings. The van der Waals surface area contributed by atoms with Gasteiger partial charge in [0, 0.05) is 13.2 Å². The van der Waals surface area contributed by atoms with Crippen molar-refractivity contribution in [1.82, 2.24) is 0 Å². The van der Waals surface area contributed by atoms with Gasteiger partial charge < -0.3 is 15.2 Å². The molecule has 0 aromatic heterocycles. The van der Waals surface area contributed by atoms with Gasteiger partial charge in [0.15, 0.2) is 0 Å². The lowest BCUT2D eigenvalue weighted by molar-refractivity contribution is 0.0690. The average Bonchev–Trinajstić information content (AvgIpc) is 2.10. The molecule has 0 aliphatic rings. The maximum atomic E-state index is 5.23. The van der Waals surface area contributed by atoms with Crippen LogP contribution in [0.5, 0.6) is 0 Å². The minimum absolute atomic E-state index is 0.0977. The van der Waals surface area contributed by atoms with E-state index in [1.165, 1.54) is 0 Å². The van der Waals surface area contributed by atoms with Crippen LogP contribution in [0.4, 0.5) is 0 Å². The number of terminal acetylenes is 1. The van der Waals surface area contributed by atoms with Crippen LogP contribution in [0.3, 0.4) is 0 Å². The highest BCUT2D eigenvalue weighted by Crippen LogP contribution is 1.90. The molecular weight excluding hydrogens is 154 g/mol. The van der Waals surface area contributed by atoms with Crippen molar-refractivity contribution < 1.29 is 9.47 Å². The first-order valence-electron chi connectivity index (χ1n) is 4.16. The summed E-state index contributed by atoms with van der Waals surface area (Å²) in [5.74, 6) is 2.48. The fourth-order valence-corrected chi connectivity index (χ4v) is 0.655. The number of nitrogens with two attached hydrogens (primary N) is 1. The van der Waals surface area contributed by atoms with E-state index < -0.39 is 0 Å². The third kappa shape index (κ3) is 7.55. The van der Waals surface area contributed by atoms with Gasteiger partial charge in [0.25, 0.3) is 0 Å². The van der Waals surface area contributed by atoms with Crippen molar-refractivity contribution in [1.29, 1.82) is 0 Å². The lowest BCUT2D eigenvalue weighted by atomic mass is 10.4. The lowest BCUT2D eigenvalue weighted by Gasteiger charge is -2.06. The highest BCUT2D eigenvalue weighted by Gasteiger charge is 1.94. The number of hydrogen-bond acceptors (Lipinski definition) is 3. The Hall–Kier alpha value is -0.560. The molecule has 0 saturated heterocycles. The molecule has 0 radical (unpaired) electrons. The molecule has 0 aromatic carbocycles. The molecule has 3 heteroatoms. The van der Waals surface area contributed by atoms with Crippen LogP contribution in [-0.2, 0) is 9.47 Å². The van der Waals surface area contributed by atoms with Gasteiger partial charge in [-0.2, -0.15) is 0 Å². The van der Waals surface area contributed by atoms with E-state index in [1.54, 1.807) is 0 Å². The van der Waals surface area contributed by atoms with Gasteiger partial charge in [0.05, 0.1) is 13.2 Å². The van der Waals surface area contributed by atoms with Gasteiger partial charge in [-0.1, -0.05) is 5.92 Å². The third-order valence-electron chi connectivity index (χ3n) is 1.30. The molecule has 0 amide bonds.